The van der Waals surface area contributed by atoms with Crippen LogP contribution in [-0.2, 0) is 20.2 Å². The topological polar surface area (TPSA) is 224 Å². The molecule has 9 rings (SSSR count). The Bertz CT molecular complexity index is 3660. The second-order valence-corrected chi connectivity index (χ2v) is 17.1. The predicted molar refractivity (Wildman–Crippen MR) is 246 cm³/mol. The number of azo groups is 3. The normalized spacial score (nSPS) is 12.4. The molecule has 0 atom stereocenters. The number of methoxy groups -OCH3 is 1. The Hall–Kier alpha value is -7.96. The minimum absolute atomic E-state index is 0.000861. The van der Waals surface area contributed by atoms with Crippen LogP contribution in [0.25, 0.3) is 43.1 Å². The van der Waals surface area contributed by atoms with Crippen molar-refractivity contribution in [3.8, 4) is 11.5 Å². The molecule has 0 aromatic heterocycles. The van der Waals surface area contributed by atoms with Gasteiger partial charge in [0.25, 0.3) is 20.2 Å². The largest absolute Gasteiger partial charge is 0.505 e. The SMILES string of the molecule is COc1ccc(Nc2ccc3c(O)c(N=Nc4ccc(N=Nc5ccc(N=Nc6cc(S(=O)(=O)O)c7cccc(S(=O)(=O)O)c7c6)c6ccccc56)c5ccccc45)ccc3c2)cc1. The lowest BCUT2D eigenvalue weighted by Gasteiger charge is -2.10. The summed E-state index contributed by atoms with van der Waals surface area (Å²) in [6.07, 6.45) is 0. The van der Waals surface area contributed by atoms with Crippen LogP contribution in [0.15, 0.2) is 198 Å². The van der Waals surface area contributed by atoms with Crippen molar-refractivity contribution in [2.45, 2.75) is 9.79 Å². The summed E-state index contributed by atoms with van der Waals surface area (Å²) >= 11 is 0. The van der Waals surface area contributed by atoms with Crippen LogP contribution >= 0.6 is 0 Å². The van der Waals surface area contributed by atoms with Gasteiger partial charge in [-0.15, -0.1) is 25.6 Å². The first kappa shape index (κ1) is 41.4. The predicted octanol–water partition coefficient (Wildman–Crippen LogP) is 13.5. The molecule has 0 saturated heterocycles. The Morgan fingerprint density at radius 3 is 1.45 bits per heavy atom. The Morgan fingerprint density at radius 1 is 0.438 bits per heavy atom. The van der Waals surface area contributed by atoms with Crippen LogP contribution in [0.1, 0.15) is 0 Å². The highest BCUT2D eigenvalue weighted by molar-refractivity contribution is 7.86. The maximum absolute atomic E-state index is 12.3. The molecule has 0 unspecified atom stereocenters. The van der Waals surface area contributed by atoms with Crippen LogP contribution in [-0.4, -0.2) is 38.2 Å². The molecule has 4 N–H and O–H groups in total. The molecule has 9 aromatic rings. The van der Waals surface area contributed by atoms with E-state index in [1.54, 1.807) is 49.6 Å². The monoisotopic (exact) mass is 887 g/mol. The van der Waals surface area contributed by atoms with Crippen molar-refractivity contribution in [3.05, 3.63) is 158 Å². The van der Waals surface area contributed by atoms with E-state index < -0.39 is 30.0 Å². The number of ether oxygens (including phenoxy) is 1. The third-order valence-corrected chi connectivity index (χ3v) is 12.2. The van der Waals surface area contributed by atoms with Crippen molar-refractivity contribution >= 4 is 109 Å². The number of phenolic OH excluding ortho intramolecular Hbond substituents is 1. The molecule has 0 heterocycles. The van der Waals surface area contributed by atoms with Gasteiger partial charge in [-0.2, -0.15) is 21.9 Å². The molecule has 9 aromatic carbocycles. The Kier molecular flexibility index (Phi) is 10.8. The van der Waals surface area contributed by atoms with E-state index in [2.05, 4.69) is 36.0 Å². The Balaban J connectivity index is 0.988. The van der Waals surface area contributed by atoms with E-state index in [4.69, 9.17) is 4.74 Å². The van der Waals surface area contributed by atoms with Crippen LogP contribution in [0.2, 0.25) is 0 Å². The summed E-state index contributed by atoms with van der Waals surface area (Å²) in [6, 6.07) is 44.5. The first-order chi connectivity index (χ1) is 30.8. The third-order valence-electron chi connectivity index (χ3n) is 10.4. The van der Waals surface area contributed by atoms with Crippen molar-refractivity contribution in [2.24, 2.45) is 30.7 Å². The minimum Gasteiger partial charge on any atom is -0.505 e. The van der Waals surface area contributed by atoms with Gasteiger partial charge in [-0.05, 0) is 96.4 Å². The van der Waals surface area contributed by atoms with Gasteiger partial charge >= 0.3 is 0 Å². The molecule has 0 aliphatic heterocycles. The van der Waals surface area contributed by atoms with Gasteiger partial charge in [0, 0.05) is 49.1 Å². The van der Waals surface area contributed by atoms with E-state index in [-0.39, 0.29) is 22.2 Å². The highest BCUT2D eigenvalue weighted by atomic mass is 32.2. The lowest BCUT2D eigenvalue weighted by Crippen LogP contribution is -2.03. The van der Waals surface area contributed by atoms with Crippen molar-refractivity contribution in [2.75, 3.05) is 12.4 Å². The number of rotatable bonds is 11. The summed E-state index contributed by atoms with van der Waals surface area (Å²) in [5.41, 5.74) is 3.94. The third kappa shape index (κ3) is 8.34. The van der Waals surface area contributed by atoms with Gasteiger partial charge in [0.2, 0.25) is 0 Å². The van der Waals surface area contributed by atoms with E-state index in [9.17, 15) is 31.0 Å². The Labute approximate surface area is 365 Å². The first-order valence-electron chi connectivity index (χ1n) is 19.3. The van der Waals surface area contributed by atoms with E-state index in [0.29, 0.717) is 44.6 Å². The van der Waals surface area contributed by atoms with Crippen LogP contribution in [0.4, 0.5) is 45.5 Å². The minimum atomic E-state index is -4.84. The van der Waals surface area contributed by atoms with E-state index >= 15 is 0 Å². The van der Waals surface area contributed by atoms with Crippen molar-refractivity contribution in [3.63, 3.8) is 0 Å². The lowest BCUT2D eigenvalue weighted by atomic mass is 10.1. The summed E-state index contributed by atoms with van der Waals surface area (Å²) in [4.78, 5) is -1.16. The van der Waals surface area contributed by atoms with E-state index in [0.717, 1.165) is 45.4 Å². The standard InChI is InChI=1S/C47H33N7O8S2/c1-62-32-17-14-29(15-18-32)48-30-16-19-33-28(25-30)13-20-44(47(33)55)54-53-43-24-23-42(36-9-4-5-10-37(36)43)52-51-41-22-21-40(34-7-2-3-8-35(34)41)50-49-31-26-39-38(46(27-31)64(59,60)61)11-6-12-45(39)63(56,57)58/h2-27,48,55H,1H3,(H,56,57,58)(H,59,60,61). The molecule has 316 valence electrons. The zero-order valence-electron chi connectivity index (χ0n) is 33.4. The second kappa shape index (κ2) is 16.7. The van der Waals surface area contributed by atoms with Gasteiger partial charge in [-0.25, -0.2) is 0 Å². The molecule has 0 aliphatic rings. The maximum atomic E-state index is 12.3. The highest BCUT2D eigenvalue weighted by Gasteiger charge is 2.21. The quantitative estimate of drug-likeness (QED) is 0.0715. The van der Waals surface area contributed by atoms with Crippen molar-refractivity contribution < 1.29 is 35.8 Å². The number of hydrogen-bond donors (Lipinski definition) is 4. The fourth-order valence-corrected chi connectivity index (χ4v) is 8.74. The fraction of sp³-hybridized carbons (Fsp3) is 0.0213. The zero-order valence-corrected chi connectivity index (χ0v) is 35.0. The number of fused-ring (bicyclic) bond motifs is 4. The van der Waals surface area contributed by atoms with Gasteiger partial charge in [-0.1, -0.05) is 66.7 Å². The van der Waals surface area contributed by atoms with Gasteiger partial charge in [0.05, 0.1) is 35.5 Å². The number of anilines is 2. The molecular formula is C47H33N7O8S2. The Morgan fingerprint density at radius 2 is 0.922 bits per heavy atom. The van der Waals surface area contributed by atoms with Gasteiger partial charge in [0.15, 0.2) is 5.75 Å². The number of aromatic hydroxyl groups is 1. The van der Waals surface area contributed by atoms with Gasteiger partial charge < -0.3 is 15.2 Å². The molecule has 0 aliphatic carbocycles. The van der Waals surface area contributed by atoms with Crippen molar-refractivity contribution in [1.82, 2.24) is 0 Å². The molecule has 0 radical (unpaired) electrons. The molecular weight excluding hydrogens is 855 g/mol. The first-order valence-corrected chi connectivity index (χ1v) is 22.2. The van der Waals surface area contributed by atoms with Crippen LogP contribution in [0.5, 0.6) is 11.5 Å². The smallest absolute Gasteiger partial charge is 0.295 e. The molecule has 0 spiro atoms. The molecule has 0 fully saturated rings. The summed E-state index contributed by atoms with van der Waals surface area (Å²) < 4.78 is 73.9. The number of hydrogen-bond acceptors (Lipinski definition) is 13. The number of benzene rings is 9. The second-order valence-electron chi connectivity index (χ2n) is 14.4. The van der Waals surface area contributed by atoms with E-state index in [1.165, 1.54) is 18.2 Å². The number of nitrogens with zero attached hydrogens (tertiary/aromatic N) is 6. The van der Waals surface area contributed by atoms with Gasteiger partial charge in [0.1, 0.15) is 21.2 Å². The summed E-state index contributed by atoms with van der Waals surface area (Å²) in [6.45, 7) is 0. The molecule has 0 bridgehead atoms. The lowest BCUT2D eigenvalue weighted by molar-refractivity contribution is 0.415. The highest BCUT2D eigenvalue weighted by Crippen LogP contribution is 2.41. The summed E-state index contributed by atoms with van der Waals surface area (Å²) in [7, 11) is -7.99. The van der Waals surface area contributed by atoms with Crippen molar-refractivity contribution in [1.29, 1.82) is 0 Å². The zero-order chi connectivity index (χ0) is 44.6. The van der Waals surface area contributed by atoms with Crippen LogP contribution in [0, 0.1) is 0 Å². The molecule has 15 nitrogen and oxygen atoms in total. The van der Waals surface area contributed by atoms with Crippen LogP contribution < -0.4 is 10.1 Å². The van der Waals surface area contributed by atoms with Gasteiger partial charge in [-0.3, -0.25) is 9.11 Å². The van der Waals surface area contributed by atoms with Crippen LogP contribution in [0.3, 0.4) is 0 Å². The van der Waals surface area contributed by atoms with E-state index in [1.807, 2.05) is 84.9 Å². The average Bonchev–Trinajstić information content (AvgIpc) is 3.29. The molecule has 64 heavy (non-hydrogen) atoms. The maximum Gasteiger partial charge on any atom is 0.295 e. The average molecular weight is 888 g/mol. The molecule has 0 saturated carbocycles. The summed E-state index contributed by atoms with van der Waals surface area (Å²) in [5, 5.41) is 45.2. The molecule has 0 amide bonds. The fourth-order valence-electron chi connectivity index (χ4n) is 7.32. The molecule has 17 heteroatoms. The number of phenols is 1. The number of nitrogens with one attached hydrogen (secondary N) is 1. The summed E-state index contributed by atoms with van der Waals surface area (Å²) in [5.74, 6) is 0.763.